The van der Waals surface area contributed by atoms with Crippen molar-refractivity contribution in [2.45, 2.75) is 39.5 Å². The van der Waals surface area contributed by atoms with Crippen molar-refractivity contribution in [1.82, 2.24) is 10.3 Å². The molecule has 3 nitrogen and oxygen atoms in total. The smallest absolute Gasteiger partial charge is 0.251 e. The Morgan fingerprint density at radius 2 is 2.05 bits per heavy atom. The lowest BCUT2D eigenvalue weighted by molar-refractivity contribution is 0.0947. The first-order valence-corrected chi connectivity index (χ1v) is 7.52. The lowest BCUT2D eigenvalue weighted by Gasteiger charge is -2.10. The van der Waals surface area contributed by atoms with Crippen molar-refractivity contribution in [2.75, 3.05) is 6.54 Å². The summed E-state index contributed by atoms with van der Waals surface area (Å²) < 4.78 is 0. The maximum absolute atomic E-state index is 12.2. The maximum atomic E-state index is 12.2. The molecule has 1 amide bonds. The number of carbonyl (C=O) groups excluding carboxylic acids is 1. The van der Waals surface area contributed by atoms with Gasteiger partial charge < -0.3 is 10.3 Å². The molecule has 1 aromatic heterocycles. The van der Waals surface area contributed by atoms with Crippen molar-refractivity contribution in [3.8, 4) is 0 Å². The molecule has 2 aromatic rings. The maximum Gasteiger partial charge on any atom is 0.251 e. The van der Waals surface area contributed by atoms with Crippen LogP contribution in [-0.2, 0) is 0 Å². The second-order valence-electron chi connectivity index (χ2n) is 6.00. The van der Waals surface area contributed by atoms with Crippen LogP contribution in [0.2, 0.25) is 0 Å². The van der Waals surface area contributed by atoms with E-state index in [2.05, 4.69) is 24.1 Å². The fourth-order valence-corrected chi connectivity index (χ4v) is 3.16. The predicted molar refractivity (Wildman–Crippen MR) is 82.1 cm³/mol. The zero-order chi connectivity index (χ0) is 14.1. The van der Waals surface area contributed by atoms with Gasteiger partial charge in [0.2, 0.25) is 0 Å². The highest BCUT2D eigenvalue weighted by molar-refractivity contribution is 5.99. The summed E-state index contributed by atoms with van der Waals surface area (Å²) >= 11 is 0. The highest BCUT2D eigenvalue weighted by Gasteiger charge is 2.16. The van der Waals surface area contributed by atoms with Crippen LogP contribution in [0.25, 0.3) is 10.9 Å². The largest absolute Gasteiger partial charge is 0.358 e. The molecule has 0 unspecified atom stereocenters. The Morgan fingerprint density at radius 3 is 2.80 bits per heavy atom. The zero-order valence-corrected chi connectivity index (χ0v) is 12.3. The number of rotatable bonds is 3. The normalized spacial score (nSPS) is 15.9. The third-order valence-corrected chi connectivity index (χ3v) is 4.60. The molecule has 1 saturated carbocycles. The number of nitrogens with one attached hydrogen (secondary N) is 2. The number of aromatic amines is 1. The van der Waals surface area contributed by atoms with E-state index < -0.39 is 0 Å². The number of aryl methyl sites for hydroxylation is 2. The fraction of sp³-hybridized carbons (Fsp3) is 0.471. The number of aromatic nitrogens is 1. The molecule has 1 fully saturated rings. The van der Waals surface area contributed by atoms with Gasteiger partial charge in [0.25, 0.3) is 5.91 Å². The van der Waals surface area contributed by atoms with Crippen LogP contribution in [0.3, 0.4) is 0 Å². The second-order valence-corrected chi connectivity index (χ2v) is 6.00. The molecule has 3 heteroatoms. The number of hydrogen-bond donors (Lipinski definition) is 2. The van der Waals surface area contributed by atoms with Crippen LogP contribution in [0.15, 0.2) is 18.2 Å². The highest BCUT2D eigenvalue weighted by atomic mass is 16.1. The summed E-state index contributed by atoms with van der Waals surface area (Å²) in [5.41, 5.74) is 4.26. The Balaban J connectivity index is 1.75. The molecule has 0 spiro atoms. The van der Waals surface area contributed by atoms with E-state index in [9.17, 15) is 4.79 Å². The summed E-state index contributed by atoms with van der Waals surface area (Å²) in [5.74, 6) is 0.732. The van der Waals surface area contributed by atoms with Crippen molar-refractivity contribution in [2.24, 2.45) is 5.92 Å². The Labute approximate surface area is 119 Å². The SMILES string of the molecule is Cc1[nH]c2ccc(C(=O)NCC3CCCC3)cc2c1C. The Morgan fingerprint density at radius 1 is 1.30 bits per heavy atom. The lowest BCUT2D eigenvalue weighted by Crippen LogP contribution is -2.28. The summed E-state index contributed by atoms with van der Waals surface area (Å²) in [6.45, 7) is 4.98. The monoisotopic (exact) mass is 270 g/mol. The van der Waals surface area contributed by atoms with E-state index in [1.165, 1.54) is 36.9 Å². The van der Waals surface area contributed by atoms with Gasteiger partial charge in [0, 0.05) is 28.7 Å². The number of H-pyrrole nitrogens is 1. The summed E-state index contributed by atoms with van der Waals surface area (Å²) in [6, 6.07) is 5.90. The summed E-state index contributed by atoms with van der Waals surface area (Å²) in [6.07, 6.45) is 5.15. The molecular weight excluding hydrogens is 248 g/mol. The van der Waals surface area contributed by atoms with Crippen LogP contribution in [0.5, 0.6) is 0 Å². The van der Waals surface area contributed by atoms with Gasteiger partial charge in [-0.2, -0.15) is 0 Å². The Kier molecular flexibility index (Phi) is 3.51. The van der Waals surface area contributed by atoms with Crippen LogP contribution >= 0.6 is 0 Å². The minimum atomic E-state index is 0.0528. The van der Waals surface area contributed by atoms with Crippen molar-refractivity contribution in [3.05, 3.63) is 35.0 Å². The van der Waals surface area contributed by atoms with E-state index >= 15 is 0 Å². The molecule has 0 saturated heterocycles. The van der Waals surface area contributed by atoms with Crippen molar-refractivity contribution in [1.29, 1.82) is 0 Å². The molecule has 0 atom stereocenters. The number of amides is 1. The third kappa shape index (κ3) is 2.45. The third-order valence-electron chi connectivity index (χ3n) is 4.60. The minimum absolute atomic E-state index is 0.0528. The van der Waals surface area contributed by atoms with Crippen LogP contribution in [0.1, 0.15) is 47.3 Å². The second kappa shape index (κ2) is 5.31. The van der Waals surface area contributed by atoms with Gasteiger partial charge in [0.1, 0.15) is 0 Å². The van der Waals surface area contributed by atoms with Gasteiger partial charge in [-0.1, -0.05) is 12.8 Å². The van der Waals surface area contributed by atoms with Gasteiger partial charge in [-0.05, 0) is 56.4 Å². The predicted octanol–water partition coefficient (Wildman–Crippen LogP) is 3.70. The van der Waals surface area contributed by atoms with E-state index in [1.807, 2.05) is 18.2 Å². The Bertz CT molecular complexity index is 636. The first-order chi connectivity index (χ1) is 9.65. The van der Waals surface area contributed by atoms with Gasteiger partial charge >= 0.3 is 0 Å². The van der Waals surface area contributed by atoms with Crippen molar-refractivity contribution >= 4 is 16.8 Å². The molecule has 2 N–H and O–H groups in total. The molecule has 20 heavy (non-hydrogen) atoms. The molecule has 0 aliphatic heterocycles. The van der Waals surface area contributed by atoms with Crippen LogP contribution in [0.4, 0.5) is 0 Å². The van der Waals surface area contributed by atoms with Crippen LogP contribution < -0.4 is 5.32 Å². The van der Waals surface area contributed by atoms with E-state index in [0.29, 0.717) is 5.92 Å². The number of hydrogen-bond acceptors (Lipinski definition) is 1. The molecule has 1 aliphatic rings. The van der Waals surface area contributed by atoms with Crippen LogP contribution in [-0.4, -0.2) is 17.4 Å². The minimum Gasteiger partial charge on any atom is -0.358 e. The number of fused-ring (bicyclic) bond motifs is 1. The zero-order valence-electron chi connectivity index (χ0n) is 12.3. The number of benzene rings is 1. The average Bonchev–Trinajstić information content (AvgIpc) is 3.06. The first kappa shape index (κ1) is 13.2. The van der Waals surface area contributed by atoms with Gasteiger partial charge in [0.05, 0.1) is 0 Å². The summed E-state index contributed by atoms with van der Waals surface area (Å²) in [4.78, 5) is 15.6. The standard InChI is InChI=1S/C17H22N2O/c1-11-12(2)19-16-8-7-14(9-15(11)16)17(20)18-10-13-5-3-4-6-13/h7-9,13,19H,3-6,10H2,1-2H3,(H,18,20). The topological polar surface area (TPSA) is 44.9 Å². The molecule has 0 bridgehead atoms. The Hall–Kier alpha value is -1.77. The highest BCUT2D eigenvalue weighted by Crippen LogP contribution is 2.24. The van der Waals surface area contributed by atoms with Gasteiger partial charge in [-0.3, -0.25) is 4.79 Å². The van der Waals surface area contributed by atoms with Crippen molar-refractivity contribution in [3.63, 3.8) is 0 Å². The quantitative estimate of drug-likeness (QED) is 0.877. The van der Waals surface area contributed by atoms with Crippen molar-refractivity contribution < 1.29 is 4.79 Å². The fourth-order valence-electron chi connectivity index (χ4n) is 3.16. The molecule has 1 aromatic carbocycles. The van der Waals surface area contributed by atoms with E-state index in [4.69, 9.17) is 0 Å². The molecule has 1 aliphatic carbocycles. The number of carbonyl (C=O) groups is 1. The van der Waals surface area contributed by atoms with E-state index in [0.717, 1.165) is 23.0 Å². The molecule has 0 radical (unpaired) electrons. The average molecular weight is 270 g/mol. The molecule has 1 heterocycles. The van der Waals surface area contributed by atoms with E-state index in [-0.39, 0.29) is 5.91 Å². The molecular formula is C17H22N2O. The summed E-state index contributed by atoms with van der Waals surface area (Å²) in [7, 11) is 0. The van der Waals surface area contributed by atoms with E-state index in [1.54, 1.807) is 0 Å². The lowest BCUT2D eigenvalue weighted by atomic mass is 10.1. The molecule has 106 valence electrons. The summed E-state index contributed by atoms with van der Waals surface area (Å²) in [5, 5.41) is 4.23. The first-order valence-electron chi connectivity index (χ1n) is 7.52. The molecule has 3 rings (SSSR count). The van der Waals surface area contributed by atoms with Crippen LogP contribution in [0, 0.1) is 19.8 Å². The van der Waals surface area contributed by atoms with Gasteiger partial charge in [-0.25, -0.2) is 0 Å². The van der Waals surface area contributed by atoms with Gasteiger partial charge in [0.15, 0.2) is 0 Å². The van der Waals surface area contributed by atoms with Gasteiger partial charge in [-0.15, -0.1) is 0 Å².